The Balaban J connectivity index is 1.98. The van der Waals surface area contributed by atoms with Gasteiger partial charge in [-0.05, 0) is 36.8 Å². The molecule has 1 aliphatic heterocycles. The van der Waals surface area contributed by atoms with Crippen LogP contribution in [0, 0.1) is 5.92 Å². The van der Waals surface area contributed by atoms with Gasteiger partial charge in [0.1, 0.15) is 24.4 Å². The highest BCUT2D eigenvalue weighted by Gasteiger charge is 2.44. The van der Waals surface area contributed by atoms with Gasteiger partial charge in [0.15, 0.2) is 12.1 Å². The average Bonchev–Trinajstić information content (AvgIpc) is 2.51. The van der Waals surface area contributed by atoms with Crippen LogP contribution in [0.5, 0.6) is 0 Å². The van der Waals surface area contributed by atoms with Crippen molar-refractivity contribution < 1.29 is 34.7 Å². The summed E-state index contributed by atoms with van der Waals surface area (Å²) in [7, 11) is 0. The number of hydrogen-bond acceptors (Lipinski definition) is 7. The number of Topliss-reactive ketones (excluding diaryl/α,β-unsaturated/α-hetero) is 1. The third-order valence-electron chi connectivity index (χ3n) is 4.59. The zero-order valence-electron chi connectivity index (χ0n) is 13.5. The van der Waals surface area contributed by atoms with Gasteiger partial charge in [-0.3, -0.25) is 4.79 Å². The summed E-state index contributed by atoms with van der Waals surface area (Å²) in [5.41, 5.74) is 1.53. The van der Waals surface area contributed by atoms with Crippen LogP contribution < -0.4 is 0 Å². The first-order valence-electron chi connectivity index (χ1n) is 7.99. The van der Waals surface area contributed by atoms with Crippen LogP contribution in [0.4, 0.5) is 0 Å². The molecular weight excluding hydrogens is 304 g/mol. The van der Waals surface area contributed by atoms with Gasteiger partial charge in [-0.1, -0.05) is 6.92 Å². The van der Waals surface area contributed by atoms with Crippen LogP contribution in [0.2, 0.25) is 0 Å². The minimum absolute atomic E-state index is 0.0815. The van der Waals surface area contributed by atoms with Crippen LogP contribution in [-0.2, 0) is 14.3 Å². The molecule has 0 aromatic carbocycles. The highest BCUT2D eigenvalue weighted by atomic mass is 16.7. The predicted molar refractivity (Wildman–Crippen MR) is 80.4 cm³/mol. The molecule has 1 saturated heterocycles. The molecule has 7 nitrogen and oxygen atoms in total. The molecule has 2 fully saturated rings. The van der Waals surface area contributed by atoms with E-state index in [1.165, 1.54) is 0 Å². The maximum absolute atomic E-state index is 12.1. The number of aliphatic hydroxyl groups is 4. The van der Waals surface area contributed by atoms with E-state index in [1.807, 2.05) is 0 Å². The lowest BCUT2D eigenvalue weighted by Crippen LogP contribution is -2.59. The van der Waals surface area contributed by atoms with Crippen molar-refractivity contribution in [1.29, 1.82) is 0 Å². The molecule has 0 unspecified atom stereocenters. The van der Waals surface area contributed by atoms with Crippen molar-refractivity contribution in [3.63, 3.8) is 0 Å². The molecule has 2 aliphatic rings. The van der Waals surface area contributed by atoms with Crippen molar-refractivity contribution in [3.05, 3.63) is 11.1 Å². The molecule has 23 heavy (non-hydrogen) atoms. The van der Waals surface area contributed by atoms with Crippen LogP contribution in [-0.4, -0.2) is 70.1 Å². The minimum atomic E-state index is -1.46. The number of hydrogen-bond donors (Lipinski definition) is 4. The van der Waals surface area contributed by atoms with E-state index in [9.17, 15) is 20.1 Å². The van der Waals surface area contributed by atoms with Gasteiger partial charge in [0.05, 0.1) is 13.2 Å². The number of carbonyl (C=O) groups excluding carboxylic acids is 1. The Hall–Kier alpha value is -0.830. The average molecular weight is 330 g/mol. The van der Waals surface area contributed by atoms with Crippen molar-refractivity contribution >= 4 is 5.78 Å². The Kier molecular flexibility index (Phi) is 6.30. The van der Waals surface area contributed by atoms with Gasteiger partial charge in [-0.25, -0.2) is 0 Å². The highest BCUT2D eigenvalue weighted by Crippen LogP contribution is 2.28. The second-order valence-corrected chi connectivity index (χ2v) is 6.54. The molecule has 4 N–H and O–H groups in total. The van der Waals surface area contributed by atoms with E-state index in [1.54, 1.807) is 6.92 Å². The number of aliphatic hydroxyl groups excluding tert-OH is 4. The molecule has 0 aromatic rings. The van der Waals surface area contributed by atoms with Crippen LogP contribution >= 0.6 is 0 Å². The molecule has 7 heteroatoms. The molecule has 1 heterocycles. The molecule has 1 aliphatic carbocycles. The number of allylic oxidation sites excluding steroid dienone is 1. The molecule has 0 spiro atoms. The van der Waals surface area contributed by atoms with Crippen molar-refractivity contribution in [1.82, 2.24) is 0 Å². The van der Waals surface area contributed by atoms with Crippen LogP contribution in [0.1, 0.15) is 33.1 Å². The zero-order valence-corrected chi connectivity index (χ0v) is 13.5. The lowest BCUT2D eigenvalue weighted by molar-refractivity contribution is -0.299. The van der Waals surface area contributed by atoms with E-state index in [4.69, 9.17) is 14.6 Å². The Morgan fingerprint density at radius 1 is 1.26 bits per heavy atom. The van der Waals surface area contributed by atoms with Crippen molar-refractivity contribution in [2.75, 3.05) is 13.2 Å². The molecule has 132 valence electrons. The number of carbonyl (C=O) groups is 1. The first-order chi connectivity index (χ1) is 10.8. The van der Waals surface area contributed by atoms with Crippen molar-refractivity contribution in [2.45, 2.75) is 63.8 Å². The number of ketones is 1. The van der Waals surface area contributed by atoms with Crippen LogP contribution in [0.3, 0.4) is 0 Å². The summed E-state index contributed by atoms with van der Waals surface area (Å²) >= 11 is 0. The molecule has 6 atom stereocenters. The van der Waals surface area contributed by atoms with E-state index in [-0.39, 0.29) is 12.4 Å². The first kappa shape index (κ1) is 18.5. The SMILES string of the molecule is CC(CO[C@@H]1O[C@H](CO)[C@@H](O)[C@H](O)[C@H]1O)=C1CC[C@@H](C)CC1=O. The molecule has 2 rings (SSSR count). The molecule has 0 aromatic heterocycles. The fourth-order valence-electron chi connectivity index (χ4n) is 3.02. The molecular formula is C16H26O7. The van der Waals surface area contributed by atoms with Gasteiger partial charge in [0, 0.05) is 6.42 Å². The van der Waals surface area contributed by atoms with Crippen molar-refractivity contribution in [2.24, 2.45) is 5.92 Å². The molecule has 1 saturated carbocycles. The quantitative estimate of drug-likeness (QED) is 0.514. The van der Waals surface area contributed by atoms with E-state index in [0.29, 0.717) is 18.8 Å². The smallest absolute Gasteiger partial charge is 0.187 e. The largest absolute Gasteiger partial charge is 0.394 e. The topological polar surface area (TPSA) is 116 Å². The van der Waals surface area contributed by atoms with Gasteiger partial charge in [0.2, 0.25) is 0 Å². The second-order valence-electron chi connectivity index (χ2n) is 6.54. The summed E-state index contributed by atoms with van der Waals surface area (Å²) < 4.78 is 10.7. The van der Waals surface area contributed by atoms with E-state index in [0.717, 1.165) is 17.6 Å². The minimum Gasteiger partial charge on any atom is -0.394 e. The summed E-state index contributed by atoms with van der Waals surface area (Å²) in [4.78, 5) is 12.1. The fraction of sp³-hybridized carbons (Fsp3) is 0.812. The normalized spacial score (nSPS) is 41.0. The maximum atomic E-state index is 12.1. The second kappa shape index (κ2) is 7.83. The fourth-order valence-corrected chi connectivity index (χ4v) is 3.02. The number of ether oxygens (including phenoxy) is 2. The Morgan fingerprint density at radius 3 is 2.57 bits per heavy atom. The number of rotatable bonds is 4. The monoisotopic (exact) mass is 330 g/mol. The molecule has 0 amide bonds. The van der Waals surface area contributed by atoms with Crippen molar-refractivity contribution in [3.8, 4) is 0 Å². The van der Waals surface area contributed by atoms with Gasteiger partial charge in [-0.15, -0.1) is 0 Å². The maximum Gasteiger partial charge on any atom is 0.187 e. The Labute approximate surface area is 135 Å². The Morgan fingerprint density at radius 2 is 1.96 bits per heavy atom. The summed E-state index contributed by atoms with van der Waals surface area (Å²) in [6.07, 6.45) is -4.25. The van der Waals surface area contributed by atoms with E-state index >= 15 is 0 Å². The summed E-state index contributed by atoms with van der Waals surface area (Å²) in [5, 5.41) is 38.5. The summed E-state index contributed by atoms with van der Waals surface area (Å²) in [5.74, 6) is 0.518. The zero-order chi connectivity index (χ0) is 17.1. The van der Waals surface area contributed by atoms with Gasteiger partial charge >= 0.3 is 0 Å². The third kappa shape index (κ3) is 4.17. The summed E-state index contributed by atoms with van der Waals surface area (Å²) in [6.45, 7) is 3.43. The molecule has 0 bridgehead atoms. The first-order valence-corrected chi connectivity index (χ1v) is 7.99. The Bertz CT molecular complexity index is 459. The van der Waals surface area contributed by atoms with Gasteiger partial charge in [-0.2, -0.15) is 0 Å². The highest BCUT2D eigenvalue weighted by molar-refractivity contribution is 5.96. The van der Waals surface area contributed by atoms with Gasteiger partial charge in [0.25, 0.3) is 0 Å². The van der Waals surface area contributed by atoms with Crippen LogP contribution in [0.15, 0.2) is 11.1 Å². The predicted octanol–water partition coefficient (Wildman–Crippen LogP) is -0.492. The summed E-state index contributed by atoms with van der Waals surface area (Å²) in [6, 6.07) is 0. The van der Waals surface area contributed by atoms with E-state index < -0.39 is 37.3 Å². The third-order valence-corrected chi connectivity index (χ3v) is 4.59. The lowest BCUT2D eigenvalue weighted by atomic mass is 9.84. The molecule has 0 radical (unpaired) electrons. The van der Waals surface area contributed by atoms with Crippen LogP contribution in [0.25, 0.3) is 0 Å². The van der Waals surface area contributed by atoms with Gasteiger partial charge < -0.3 is 29.9 Å². The lowest BCUT2D eigenvalue weighted by Gasteiger charge is -2.39. The van der Waals surface area contributed by atoms with E-state index in [2.05, 4.69) is 6.92 Å². The standard InChI is InChI=1S/C16H26O7/c1-8-3-4-10(11(18)5-8)9(2)7-22-16-15(21)14(20)13(19)12(6-17)23-16/h8,12-17,19-21H,3-7H2,1-2H3/t8-,12-,13-,14+,15-,16-/m1/s1.